The van der Waals surface area contributed by atoms with Crippen molar-refractivity contribution in [3.05, 3.63) is 83.9 Å². The normalized spacial score (nSPS) is 10.7. The average molecular weight is 430 g/mol. The first-order chi connectivity index (χ1) is 15.6. The molecule has 3 aromatic carbocycles. The molecule has 0 N–H and O–H groups in total. The highest BCUT2D eigenvalue weighted by atomic mass is 16.5. The van der Waals surface area contributed by atoms with Gasteiger partial charge in [0.25, 0.3) is 0 Å². The maximum Gasteiger partial charge on any atom is 0.342 e. The van der Waals surface area contributed by atoms with Crippen LogP contribution in [0.4, 0.5) is 0 Å². The third kappa shape index (κ3) is 4.34. The molecule has 1 aromatic heterocycles. The average Bonchev–Trinajstić information content (AvgIpc) is 3.22. The molecule has 0 atom stereocenters. The largest absolute Gasteiger partial charge is 0.497 e. The van der Waals surface area contributed by atoms with E-state index < -0.39 is 5.97 Å². The molecule has 0 radical (unpaired) electrons. The number of ether oxygens (including phenoxy) is 3. The number of furan rings is 1. The van der Waals surface area contributed by atoms with Crippen molar-refractivity contribution in [3.8, 4) is 22.8 Å². The molecule has 0 saturated heterocycles. The van der Waals surface area contributed by atoms with E-state index in [1.54, 1.807) is 68.6 Å². The van der Waals surface area contributed by atoms with Gasteiger partial charge in [-0.15, -0.1) is 0 Å². The Morgan fingerprint density at radius 1 is 0.906 bits per heavy atom. The Kier molecular flexibility index (Phi) is 6.22. The van der Waals surface area contributed by atoms with Gasteiger partial charge in [0.1, 0.15) is 28.4 Å². The summed E-state index contributed by atoms with van der Waals surface area (Å²) in [4.78, 5) is 25.2. The van der Waals surface area contributed by atoms with E-state index in [0.717, 1.165) is 0 Å². The van der Waals surface area contributed by atoms with Crippen LogP contribution in [0.1, 0.15) is 27.6 Å². The van der Waals surface area contributed by atoms with Gasteiger partial charge in [-0.2, -0.15) is 0 Å². The lowest BCUT2D eigenvalue weighted by molar-refractivity contribution is 0.0528. The molecule has 4 rings (SSSR count). The van der Waals surface area contributed by atoms with Crippen LogP contribution >= 0.6 is 0 Å². The number of esters is 1. The lowest BCUT2D eigenvalue weighted by Crippen LogP contribution is -2.11. The van der Waals surface area contributed by atoms with Crippen molar-refractivity contribution in [3.63, 3.8) is 0 Å². The van der Waals surface area contributed by atoms with Crippen LogP contribution in [0.5, 0.6) is 11.5 Å². The summed E-state index contributed by atoms with van der Waals surface area (Å²) in [5.74, 6) is 0.923. The topological polar surface area (TPSA) is 75.0 Å². The van der Waals surface area contributed by atoms with Gasteiger partial charge in [0.05, 0.1) is 13.7 Å². The van der Waals surface area contributed by atoms with Crippen LogP contribution < -0.4 is 9.47 Å². The second-order valence-corrected chi connectivity index (χ2v) is 6.99. The van der Waals surface area contributed by atoms with E-state index >= 15 is 0 Å². The van der Waals surface area contributed by atoms with Gasteiger partial charge in [-0.1, -0.05) is 30.3 Å². The molecule has 0 unspecified atom stereocenters. The third-order valence-electron chi connectivity index (χ3n) is 4.96. The fourth-order valence-corrected chi connectivity index (χ4v) is 3.37. The summed E-state index contributed by atoms with van der Waals surface area (Å²) in [5, 5.41) is 0.555. The van der Waals surface area contributed by atoms with E-state index in [1.165, 1.54) is 0 Å². The van der Waals surface area contributed by atoms with Gasteiger partial charge < -0.3 is 18.6 Å². The van der Waals surface area contributed by atoms with Gasteiger partial charge in [0.15, 0.2) is 12.4 Å². The standard InChI is InChI=1S/C26H22O6/c1-3-30-26(28)24-21-15-20(31-16-22(27)17-7-5-4-6-8-17)13-14-23(21)32-25(24)18-9-11-19(29-2)12-10-18/h4-15H,3,16H2,1-2H3. The lowest BCUT2D eigenvalue weighted by Gasteiger charge is -2.06. The first-order valence-electron chi connectivity index (χ1n) is 10.2. The molecular formula is C26H22O6. The molecule has 0 amide bonds. The zero-order chi connectivity index (χ0) is 22.5. The number of hydrogen-bond donors (Lipinski definition) is 0. The Bertz CT molecular complexity index is 1240. The SMILES string of the molecule is CCOC(=O)c1c(-c2ccc(OC)cc2)oc2ccc(OCC(=O)c3ccccc3)cc12. The number of Topliss-reactive ketones (excluding diaryl/α,β-unsaturated/α-hetero) is 1. The summed E-state index contributed by atoms with van der Waals surface area (Å²) < 4.78 is 22.2. The number of carbonyl (C=O) groups excluding carboxylic acids is 2. The first-order valence-corrected chi connectivity index (χ1v) is 10.2. The van der Waals surface area contributed by atoms with E-state index in [-0.39, 0.29) is 19.0 Å². The number of methoxy groups -OCH3 is 1. The highest BCUT2D eigenvalue weighted by molar-refractivity contribution is 6.09. The quantitative estimate of drug-likeness (QED) is 0.270. The lowest BCUT2D eigenvalue weighted by atomic mass is 10.1. The second kappa shape index (κ2) is 9.39. The fraction of sp³-hybridized carbons (Fsp3) is 0.154. The molecule has 6 heteroatoms. The van der Waals surface area contributed by atoms with Gasteiger partial charge in [0.2, 0.25) is 0 Å². The fourth-order valence-electron chi connectivity index (χ4n) is 3.37. The highest BCUT2D eigenvalue weighted by Crippen LogP contribution is 2.36. The van der Waals surface area contributed by atoms with Crippen molar-refractivity contribution >= 4 is 22.7 Å². The predicted octanol–water partition coefficient (Wildman–Crippen LogP) is 5.55. The van der Waals surface area contributed by atoms with Gasteiger partial charge in [-0.3, -0.25) is 4.79 Å². The summed E-state index contributed by atoms with van der Waals surface area (Å²) in [7, 11) is 1.59. The maximum atomic E-state index is 12.8. The maximum absolute atomic E-state index is 12.8. The summed E-state index contributed by atoms with van der Waals surface area (Å²) >= 11 is 0. The Morgan fingerprint density at radius 2 is 1.62 bits per heavy atom. The zero-order valence-electron chi connectivity index (χ0n) is 17.8. The number of ketones is 1. The Morgan fingerprint density at radius 3 is 2.31 bits per heavy atom. The molecule has 32 heavy (non-hydrogen) atoms. The predicted molar refractivity (Wildman–Crippen MR) is 120 cm³/mol. The van der Waals surface area contributed by atoms with E-state index in [2.05, 4.69) is 0 Å². The number of hydrogen-bond acceptors (Lipinski definition) is 6. The van der Waals surface area contributed by atoms with E-state index in [1.807, 2.05) is 18.2 Å². The number of rotatable bonds is 8. The van der Waals surface area contributed by atoms with Crippen LogP contribution in [-0.4, -0.2) is 32.1 Å². The number of benzene rings is 3. The van der Waals surface area contributed by atoms with Crippen molar-refractivity contribution in [2.45, 2.75) is 6.92 Å². The minimum absolute atomic E-state index is 0.118. The minimum atomic E-state index is -0.491. The van der Waals surface area contributed by atoms with E-state index in [0.29, 0.717) is 44.9 Å². The number of fused-ring (bicyclic) bond motifs is 1. The minimum Gasteiger partial charge on any atom is -0.497 e. The Hall–Kier alpha value is -4.06. The molecule has 0 aliphatic heterocycles. The molecule has 0 aliphatic rings. The Balaban J connectivity index is 1.68. The smallest absolute Gasteiger partial charge is 0.342 e. The molecular weight excluding hydrogens is 408 g/mol. The van der Waals surface area contributed by atoms with Crippen molar-refractivity contribution in [1.29, 1.82) is 0 Å². The van der Waals surface area contributed by atoms with Crippen molar-refractivity contribution < 1.29 is 28.2 Å². The summed E-state index contributed by atoms with van der Waals surface area (Å²) in [5.41, 5.74) is 2.12. The van der Waals surface area contributed by atoms with Crippen LogP contribution in [0, 0.1) is 0 Å². The van der Waals surface area contributed by atoms with Crippen molar-refractivity contribution in [2.75, 3.05) is 20.3 Å². The zero-order valence-corrected chi connectivity index (χ0v) is 17.8. The third-order valence-corrected chi connectivity index (χ3v) is 4.96. The monoisotopic (exact) mass is 430 g/mol. The van der Waals surface area contributed by atoms with E-state index in [4.69, 9.17) is 18.6 Å². The van der Waals surface area contributed by atoms with Crippen molar-refractivity contribution in [2.24, 2.45) is 0 Å². The molecule has 0 spiro atoms. The van der Waals surface area contributed by atoms with Gasteiger partial charge in [-0.25, -0.2) is 4.79 Å². The summed E-state index contributed by atoms with van der Waals surface area (Å²) in [6, 6.07) is 21.3. The van der Waals surface area contributed by atoms with Crippen LogP contribution in [0.25, 0.3) is 22.3 Å². The summed E-state index contributed by atoms with van der Waals surface area (Å²) in [6.07, 6.45) is 0. The molecule has 1 heterocycles. The first kappa shape index (κ1) is 21.2. The second-order valence-electron chi connectivity index (χ2n) is 6.99. The molecule has 0 aliphatic carbocycles. The van der Waals surface area contributed by atoms with Gasteiger partial charge >= 0.3 is 5.97 Å². The molecule has 162 valence electrons. The molecule has 0 fully saturated rings. The van der Waals surface area contributed by atoms with Crippen LogP contribution in [0.15, 0.2) is 77.2 Å². The van der Waals surface area contributed by atoms with Gasteiger partial charge in [-0.05, 0) is 49.4 Å². The van der Waals surface area contributed by atoms with Crippen LogP contribution in [0.2, 0.25) is 0 Å². The van der Waals surface area contributed by atoms with Gasteiger partial charge in [0, 0.05) is 16.5 Å². The molecule has 0 bridgehead atoms. The Labute approximate surface area is 185 Å². The van der Waals surface area contributed by atoms with Crippen LogP contribution in [-0.2, 0) is 4.74 Å². The van der Waals surface area contributed by atoms with Crippen LogP contribution in [0.3, 0.4) is 0 Å². The molecule has 0 saturated carbocycles. The molecule has 4 aromatic rings. The summed E-state index contributed by atoms with van der Waals surface area (Å²) in [6.45, 7) is 1.86. The molecule has 6 nitrogen and oxygen atoms in total. The highest BCUT2D eigenvalue weighted by Gasteiger charge is 2.24. The number of carbonyl (C=O) groups is 2. The van der Waals surface area contributed by atoms with E-state index in [9.17, 15) is 9.59 Å². The van der Waals surface area contributed by atoms with Crippen molar-refractivity contribution in [1.82, 2.24) is 0 Å².